The third kappa shape index (κ3) is 6.36. The number of nitrogens with one attached hydrogen (secondary N) is 3. The van der Waals surface area contributed by atoms with Crippen LogP contribution in [0.25, 0.3) is 11.3 Å². The second kappa shape index (κ2) is 11.4. The molecule has 2 heterocycles. The molecule has 1 unspecified atom stereocenters. The van der Waals surface area contributed by atoms with Crippen molar-refractivity contribution in [2.45, 2.75) is 46.2 Å². The fourth-order valence-electron chi connectivity index (χ4n) is 4.37. The standard InChI is InChI=1S/C30H31N5O2/c1-4-23-15-22(17-31)14-20(3)29(23)35-27(30(36)37)16-21-5-7-24(8-6-21)26-10-9-25(34-26)18-33-28-13-19(2)11-12-32-28/h5-15,27,34-35H,4,16,18H2,1-3H3,(H,32,33)(H,36,37). The Labute approximate surface area is 217 Å². The lowest BCUT2D eigenvalue weighted by molar-refractivity contribution is -0.137. The number of aromatic amines is 1. The molecule has 0 aliphatic heterocycles. The molecule has 1 atom stereocenters. The molecule has 0 saturated carbocycles. The van der Waals surface area contributed by atoms with Gasteiger partial charge >= 0.3 is 5.97 Å². The van der Waals surface area contributed by atoms with Crippen LogP contribution >= 0.6 is 0 Å². The molecule has 0 fully saturated rings. The first-order valence-corrected chi connectivity index (χ1v) is 12.3. The van der Waals surface area contributed by atoms with Gasteiger partial charge < -0.3 is 20.7 Å². The Bertz CT molecular complexity index is 1430. The SMILES string of the molecule is CCc1cc(C#N)cc(C)c1NC(Cc1ccc(-c2ccc(CNc3cc(C)ccn3)[nH]2)cc1)C(=O)O. The molecular formula is C30H31N5O2. The number of hydrogen-bond acceptors (Lipinski definition) is 5. The van der Waals surface area contributed by atoms with E-state index < -0.39 is 12.0 Å². The zero-order valence-electron chi connectivity index (χ0n) is 21.3. The first-order chi connectivity index (χ1) is 17.9. The Morgan fingerprint density at radius 3 is 2.57 bits per heavy atom. The van der Waals surface area contributed by atoms with Crippen molar-refractivity contribution in [3.05, 3.63) is 100 Å². The molecule has 4 rings (SSSR count). The lowest BCUT2D eigenvalue weighted by atomic mass is 9.99. The lowest BCUT2D eigenvalue weighted by Crippen LogP contribution is -2.32. The number of carboxylic acids is 1. The minimum atomic E-state index is -0.917. The molecule has 0 saturated heterocycles. The number of nitriles is 1. The fraction of sp³-hybridized carbons (Fsp3) is 0.233. The predicted molar refractivity (Wildman–Crippen MR) is 147 cm³/mol. The molecule has 188 valence electrons. The van der Waals surface area contributed by atoms with E-state index in [1.54, 1.807) is 12.3 Å². The number of carboxylic acid groups (broad SMARTS) is 1. The van der Waals surface area contributed by atoms with Gasteiger partial charge in [-0.25, -0.2) is 9.78 Å². The number of carbonyl (C=O) groups is 1. The van der Waals surface area contributed by atoms with Gasteiger partial charge in [0.2, 0.25) is 0 Å². The van der Waals surface area contributed by atoms with Gasteiger partial charge in [-0.1, -0.05) is 31.2 Å². The third-order valence-electron chi connectivity index (χ3n) is 6.37. The summed E-state index contributed by atoms with van der Waals surface area (Å²) >= 11 is 0. The van der Waals surface area contributed by atoms with Crippen LogP contribution in [0.15, 0.2) is 66.9 Å². The number of aliphatic carboxylic acids is 1. The Kier molecular flexibility index (Phi) is 7.89. The van der Waals surface area contributed by atoms with E-state index in [2.05, 4.69) is 26.7 Å². The van der Waals surface area contributed by atoms with Gasteiger partial charge in [0, 0.05) is 29.7 Å². The van der Waals surface area contributed by atoms with E-state index in [0.29, 0.717) is 24.9 Å². The van der Waals surface area contributed by atoms with E-state index in [1.165, 1.54) is 0 Å². The molecule has 0 spiro atoms. The van der Waals surface area contributed by atoms with Crippen molar-refractivity contribution >= 4 is 17.5 Å². The number of rotatable bonds is 10. The largest absolute Gasteiger partial charge is 0.480 e. The van der Waals surface area contributed by atoms with Crippen LogP contribution in [0.3, 0.4) is 0 Å². The van der Waals surface area contributed by atoms with Crippen molar-refractivity contribution in [1.82, 2.24) is 9.97 Å². The highest BCUT2D eigenvalue weighted by atomic mass is 16.4. The highest BCUT2D eigenvalue weighted by Crippen LogP contribution is 2.26. The summed E-state index contributed by atoms with van der Waals surface area (Å²) in [7, 11) is 0. The molecule has 2 aromatic heterocycles. The van der Waals surface area contributed by atoms with Gasteiger partial charge in [-0.2, -0.15) is 5.26 Å². The lowest BCUT2D eigenvalue weighted by Gasteiger charge is -2.20. The number of nitrogens with zero attached hydrogens (tertiary/aromatic N) is 2. The first kappa shape index (κ1) is 25.5. The van der Waals surface area contributed by atoms with Crippen molar-refractivity contribution in [1.29, 1.82) is 5.26 Å². The molecule has 4 N–H and O–H groups in total. The maximum Gasteiger partial charge on any atom is 0.326 e. The molecule has 0 radical (unpaired) electrons. The highest BCUT2D eigenvalue weighted by Gasteiger charge is 2.20. The average Bonchev–Trinajstić information content (AvgIpc) is 3.37. The van der Waals surface area contributed by atoms with E-state index in [-0.39, 0.29) is 0 Å². The van der Waals surface area contributed by atoms with Crippen LogP contribution in [-0.2, 0) is 24.2 Å². The van der Waals surface area contributed by atoms with Crippen molar-refractivity contribution in [2.75, 3.05) is 10.6 Å². The summed E-state index contributed by atoms with van der Waals surface area (Å²) in [5.74, 6) is -0.0798. The Morgan fingerprint density at radius 1 is 1.11 bits per heavy atom. The van der Waals surface area contributed by atoms with Crippen molar-refractivity contribution in [3.8, 4) is 17.3 Å². The van der Waals surface area contributed by atoms with Gasteiger partial charge in [0.1, 0.15) is 11.9 Å². The Morgan fingerprint density at radius 2 is 1.89 bits per heavy atom. The van der Waals surface area contributed by atoms with E-state index in [4.69, 9.17) is 0 Å². The molecule has 7 heteroatoms. The van der Waals surface area contributed by atoms with Crippen LogP contribution in [0.1, 0.15) is 40.4 Å². The molecule has 7 nitrogen and oxygen atoms in total. The Balaban J connectivity index is 1.43. The van der Waals surface area contributed by atoms with Gasteiger partial charge in [0.15, 0.2) is 0 Å². The maximum absolute atomic E-state index is 12.1. The van der Waals surface area contributed by atoms with Crippen molar-refractivity contribution in [3.63, 3.8) is 0 Å². The number of aryl methyl sites for hydroxylation is 3. The van der Waals surface area contributed by atoms with Crippen molar-refractivity contribution in [2.24, 2.45) is 0 Å². The van der Waals surface area contributed by atoms with Gasteiger partial charge in [-0.05, 0) is 84.5 Å². The summed E-state index contributed by atoms with van der Waals surface area (Å²) < 4.78 is 0. The maximum atomic E-state index is 12.1. The predicted octanol–water partition coefficient (Wildman–Crippen LogP) is 5.85. The second-order valence-corrected chi connectivity index (χ2v) is 9.20. The summed E-state index contributed by atoms with van der Waals surface area (Å²) in [5.41, 5.74) is 8.32. The van der Waals surface area contributed by atoms with Crippen LogP contribution in [-0.4, -0.2) is 27.1 Å². The van der Waals surface area contributed by atoms with E-state index >= 15 is 0 Å². The third-order valence-corrected chi connectivity index (χ3v) is 6.37. The van der Waals surface area contributed by atoms with Crippen molar-refractivity contribution < 1.29 is 9.90 Å². The van der Waals surface area contributed by atoms with Crippen LogP contribution < -0.4 is 10.6 Å². The summed E-state index contributed by atoms with van der Waals surface area (Å²) in [6.45, 7) is 6.56. The highest BCUT2D eigenvalue weighted by molar-refractivity contribution is 5.79. The summed E-state index contributed by atoms with van der Waals surface area (Å²) in [6.07, 6.45) is 2.83. The summed E-state index contributed by atoms with van der Waals surface area (Å²) in [5, 5.41) is 25.7. The number of H-pyrrole nitrogens is 1. The Hall–Kier alpha value is -4.57. The molecule has 0 amide bonds. The molecule has 4 aromatic rings. The smallest absolute Gasteiger partial charge is 0.326 e. The minimum Gasteiger partial charge on any atom is -0.480 e. The van der Waals surface area contributed by atoms with Gasteiger partial charge in [-0.3, -0.25) is 0 Å². The first-order valence-electron chi connectivity index (χ1n) is 12.3. The van der Waals surface area contributed by atoms with E-state index in [1.807, 2.05) is 75.4 Å². The van der Waals surface area contributed by atoms with Crippen LogP contribution in [0.2, 0.25) is 0 Å². The number of anilines is 2. The normalized spacial score (nSPS) is 11.5. The number of pyridine rings is 1. The van der Waals surface area contributed by atoms with E-state index in [9.17, 15) is 15.2 Å². The number of aromatic nitrogens is 2. The minimum absolute atomic E-state index is 0.335. The molecular weight excluding hydrogens is 462 g/mol. The molecule has 0 aliphatic rings. The van der Waals surface area contributed by atoms with Gasteiger partial charge in [-0.15, -0.1) is 0 Å². The summed E-state index contributed by atoms with van der Waals surface area (Å²) in [6, 6.07) is 21.0. The quantitative estimate of drug-likeness (QED) is 0.220. The van der Waals surface area contributed by atoms with E-state index in [0.717, 1.165) is 50.7 Å². The van der Waals surface area contributed by atoms with Crippen LogP contribution in [0.4, 0.5) is 11.5 Å². The zero-order chi connectivity index (χ0) is 26.4. The summed E-state index contributed by atoms with van der Waals surface area (Å²) in [4.78, 5) is 19.8. The average molecular weight is 494 g/mol. The van der Waals surface area contributed by atoms with Crippen LogP contribution in [0, 0.1) is 25.2 Å². The number of hydrogen-bond donors (Lipinski definition) is 4. The molecule has 37 heavy (non-hydrogen) atoms. The van der Waals surface area contributed by atoms with Crippen LogP contribution in [0.5, 0.6) is 0 Å². The van der Waals surface area contributed by atoms with Gasteiger partial charge in [0.25, 0.3) is 0 Å². The topological polar surface area (TPSA) is 114 Å². The monoisotopic (exact) mass is 493 g/mol. The molecule has 2 aromatic carbocycles. The zero-order valence-corrected chi connectivity index (χ0v) is 21.3. The second-order valence-electron chi connectivity index (χ2n) is 9.20. The molecule has 0 bridgehead atoms. The molecule has 0 aliphatic carbocycles. The van der Waals surface area contributed by atoms with Gasteiger partial charge in [0.05, 0.1) is 18.2 Å². The number of benzene rings is 2. The fourth-order valence-corrected chi connectivity index (χ4v) is 4.37.